The molecule has 3 heterocycles. The summed E-state index contributed by atoms with van der Waals surface area (Å²) in [7, 11) is 1.44. The number of aromatic amines is 1. The Bertz CT molecular complexity index is 1590. The van der Waals surface area contributed by atoms with Crippen molar-refractivity contribution in [3.63, 3.8) is 0 Å². The molecule has 0 aliphatic carbocycles. The van der Waals surface area contributed by atoms with Crippen molar-refractivity contribution in [1.82, 2.24) is 24.2 Å². The molecule has 0 spiro atoms. The Hall–Kier alpha value is -4.16. The summed E-state index contributed by atoms with van der Waals surface area (Å²) >= 11 is 16.8. The van der Waals surface area contributed by atoms with Crippen LogP contribution in [0, 0.1) is 4.64 Å². The summed E-state index contributed by atoms with van der Waals surface area (Å²) in [6.45, 7) is 4.75. The quantitative estimate of drug-likeness (QED) is 0.100. The van der Waals surface area contributed by atoms with Crippen LogP contribution >= 0.6 is 35.4 Å². The van der Waals surface area contributed by atoms with E-state index < -0.39 is 6.09 Å². The van der Waals surface area contributed by atoms with Gasteiger partial charge in [-0.1, -0.05) is 65.8 Å². The average molecular weight is 616 g/mol. The van der Waals surface area contributed by atoms with Crippen molar-refractivity contribution in [2.75, 3.05) is 18.6 Å². The molecule has 1 unspecified atom stereocenters. The topological polar surface area (TPSA) is 121 Å². The predicted octanol–water partition coefficient (Wildman–Crippen LogP) is 7.27. The number of hydrogen-bond acceptors (Lipinski definition) is 6. The molecular weight excluding hydrogens is 587 g/mol. The third-order valence-corrected chi connectivity index (χ3v) is 6.33. The van der Waals surface area contributed by atoms with E-state index in [4.69, 9.17) is 38.3 Å². The summed E-state index contributed by atoms with van der Waals surface area (Å²) in [4.78, 5) is 22.7. The van der Waals surface area contributed by atoms with Gasteiger partial charge in [0.1, 0.15) is 10.7 Å². The first-order valence-electron chi connectivity index (χ1n) is 12.1. The molecule has 0 saturated carbocycles. The summed E-state index contributed by atoms with van der Waals surface area (Å²) in [5, 5.41) is 18.7. The van der Waals surface area contributed by atoms with Gasteiger partial charge >= 0.3 is 6.09 Å². The van der Waals surface area contributed by atoms with Gasteiger partial charge in [0.05, 0.1) is 30.5 Å². The van der Waals surface area contributed by atoms with Crippen molar-refractivity contribution in [3.05, 3.63) is 118 Å². The minimum atomic E-state index is -1.04. The molecule has 0 fully saturated rings. The van der Waals surface area contributed by atoms with Crippen molar-refractivity contribution < 1.29 is 19.8 Å². The minimum Gasteiger partial charge on any atom is -0.465 e. The zero-order valence-electron chi connectivity index (χ0n) is 22.0. The first-order valence-corrected chi connectivity index (χ1v) is 13.3. The normalized spacial score (nSPS) is 11.0. The van der Waals surface area contributed by atoms with Crippen LogP contribution in [-0.4, -0.2) is 54.3 Å². The Morgan fingerprint density at radius 1 is 1.20 bits per heavy atom. The number of H-pyrrole nitrogens is 1. The molecule has 5 rings (SSSR count). The van der Waals surface area contributed by atoms with Gasteiger partial charge in [-0.2, -0.15) is 4.73 Å². The van der Waals surface area contributed by atoms with Crippen LogP contribution in [-0.2, 0) is 11.3 Å². The van der Waals surface area contributed by atoms with Crippen molar-refractivity contribution in [2.24, 2.45) is 0 Å². The number of nitrogens with one attached hydrogen (secondary N) is 1. The van der Waals surface area contributed by atoms with E-state index in [-0.39, 0.29) is 6.10 Å². The fraction of sp³-hybridized carbons (Fsp3) is 0.143. The summed E-state index contributed by atoms with van der Waals surface area (Å²) in [6.07, 6.45) is 7.35. The molecule has 0 aliphatic heterocycles. The monoisotopic (exact) mass is 614 g/mol. The Balaban J connectivity index is 0.000000184. The molecule has 1 atom stereocenters. The Labute approximate surface area is 251 Å². The van der Waals surface area contributed by atoms with Crippen molar-refractivity contribution >= 4 is 58.5 Å². The number of carboxylic acid groups (broad SMARTS) is 1. The lowest BCUT2D eigenvalue weighted by Crippen LogP contribution is -2.24. The number of anilines is 1. The zero-order valence-corrected chi connectivity index (χ0v) is 24.3. The van der Waals surface area contributed by atoms with Gasteiger partial charge in [0.15, 0.2) is 0 Å². The number of halogens is 2. The first kappa shape index (κ1) is 31.4. The molecule has 41 heavy (non-hydrogen) atoms. The first-order chi connectivity index (χ1) is 19.7. The number of rotatable bonds is 7. The van der Waals surface area contributed by atoms with Crippen LogP contribution in [0.5, 0.6) is 0 Å². The van der Waals surface area contributed by atoms with E-state index in [1.165, 1.54) is 13.2 Å². The smallest absolute Gasteiger partial charge is 0.413 e. The lowest BCUT2D eigenvalue weighted by molar-refractivity contribution is 0.0608. The number of ether oxygens (including phenoxy) is 1. The number of aromatic nitrogens is 5. The molecule has 0 aliphatic rings. The third kappa shape index (κ3) is 9.47. The van der Waals surface area contributed by atoms with E-state index >= 15 is 0 Å². The molecule has 10 nitrogen and oxygen atoms in total. The largest absolute Gasteiger partial charge is 0.465 e. The Morgan fingerprint density at radius 2 is 1.95 bits per heavy atom. The lowest BCUT2D eigenvalue weighted by atomic mass is 10.1. The highest BCUT2D eigenvalue weighted by molar-refractivity contribution is 7.71. The number of imidazole rings is 2. The van der Waals surface area contributed by atoms with Gasteiger partial charge in [-0.3, -0.25) is 4.90 Å². The Morgan fingerprint density at radius 3 is 2.54 bits per heavy atom. The number of benzene rings is 2. The van der Waals surface area contributed by atoms with Crippen LogP contribution in [0.15, 0.2) is 98.2 Å². The lowest BCUT2D eigenvalue weighted by Gasteiger charge is -2.19. The summed E-state index contributed by atoms with van der Waals surface area (Å²) in [6, 6.07) is 17.9. The maximum atomic E-state index is 10.6. The highest BCUT2D eigenvalue weighted by atomic mass is 35.5. The standard InChI is InChI=1S/C14H14Cl2N2O.C9H9N3O2.C5H5NOS/c1-2-7-19-14(9-18-6-5-17-10-18)12-4-3-11(15)8-13(12)16;1-12(9(13)14)8-10-6-4-2-3-5-7(6)11-8;7-6-4-2-1-3-5(6)8/h2-6,8,10,14H,1,7,9H2;2-5H,1H3,(H,10,11)(H,13,14);1-4,7H. The average Bonchev–Trinajstić information content (AvgIpc) is 3.63. The summed E-state index contributed by atoms with van der Waals surface area (Å²) in [5.41, 5.74) is 2.49. The van der Waals surface area contributed by atoms with Gasteiger partial charge < -0.3 is 24.6 Å². The molecule has 3 N–H and O–H groups in total. The molecule has 13 heteroatoms. The maximum absolute atomic E-state index is 10.6. The number of pyridine rings is 1. The van der Waals surface area contributed by atoms with Crippen LogP contribution in [0.2, 0.25) is 10.0 Å². The van der Waals surface area contributed by atoms with E-state index in [9.17, 15) is 4.79 Å². The number of nitrogens with zero attached hydrogens (tertiary/aromatic N) is 5. The predicted molar refractivity (Wildman–Crippen MR) is 163 cm³/mol. The van der Waals surface area contributed by atoms with Crippen LogP contribution in [0.3, 0.4) is 0 Å². The summed E-state index contributed by atoms with van der Waals surface area (Å²) < 4.78 is 9.04. The van der Waals surface area contributed by atoms with Crippen LogP contribution in [0.4, 0.5) is 10.7 Å². The van der Waals surface area contributed by atoms with Crippen molar-refractivity contribution in [2.45, 2.75) is 12.6 Å². The van der Waals surface area contributed by atoms with Gasteiger partial charge in [0.2, 0.25) is 5.95 Å². The number of carbonyl (C=O) groups is 1. The highest BCUT2D eigenvalue weighted by Crippen LogP contribution is 2.29. The maximum Gasteiger partial charge on any atom is 0.413 e. The molecule has 3 aromatic heterocycles. The fourth-order valence-corrected chi connectivity index (χ4v) is 4.05. The number of hydrogen-bond donors (Lipinski definition) is 3. The second kappa shape index (κ2) is 15.6. The molecule has 214 valence electrons. The number of para-hydroxylation sites is 2. The third-order valence-electron chi connectivity index (χ3n) is 5.44. The van der Waals surface area contributed by atoms with Gasteiger partial charge in [-0.05, 0) is 36.4 Å². The van der Waals surface area contributed by atoms with E-state index in [1.807, 2.05) is 41.1 Å². The van der Waals surface area contributed by atoms with E-state index in [2.05, 4.69) is 33.7 Å². The summed E-state index contributed by atoms with van der Waals surface area (Å²) in [5.74, 6) is 0.332. The fourth-order valence-electron chi connectivity index (χ4n) is 3.38. The number of amides is 1. The van der Waals surface area contributed by atoms with Crippen LogP contribution in [0.1, 0.15) is 11.7 Å². The molecule has 0 saturated heterocycles. The van der Waals surface area contributed by atoms with Gasteiger partial charge in [-0.25, -0.2) is 14.8 Å². The van der Waals surface area contributed by atoms with E-state index in [0.717, 1.165) is 26.2 Å². The molecule has 5 aromatic rings. The molecule has 2 aromatic carbocycles. The molecule has 0 radical (unpaired) electrons. The minimum absolute atomic E-state index is 0.169. The molecular formula is C28H28Cl2N6O4S. The van der Waals surface area contributed by atoms with Crippen LogP contribution in [0.25, 0.3) is 11.0 Å². The van der Waals surface area contributed by atoms with Gasteiger partial charge in [0.25, 0.3) is 0 Å². The highest BCUT2D eigenvalue weighted by Gasteiger charge is 2.16. The van der Waals surface area contributed by atoms with Crippen molar-refractivity contribution in [3.8, 4) is 0 Å². The Kier molecular flexibility index (Phi) is 11.9. The zero-order chi connectivity index (χ0) is 29.8. The molecule has 0 bridgehead atoms. The molecule has 1 amide bonds. The van der Waals surface area contributed by atoms with E-state index in [1.54, 1.807) is 48.9 Å². The van der Waals surface area contributed by atoms with E-state index in [0.29, 0.717) is 33.8 Å². The SMILES string of the molecule is C=CCOC(Cn1ccnc1)c1ccc(Cl)cc1Cl.CN(C(=O)O)c1nc2ccccc2[nH]1.On1ccccc1=S. The second-order valence-corrected chi connectivity index (χ2v) is 9.60. The van der Waals surface area contributed by atoms with Gasteiger partial charge in [0, 0.05) is 41.2 Å². The van der Waals surface area contributed by atoms with Crippen molar-refractivity contribution in [1.29, 1.82) is 0 Å². The van der Waals surface area contributed by atoms with Crippen LogP contribution < -0.4 is 4.90 Å². The number of fused-ring (bicyclic) bond motifs is 1. The second-order valence-electron chi connectivity index (χ2n) is 8.34. The van der Waals surface area contributed by atoms with Gasteiger partial charge in [-0.15, -0.1) is 6.58 Å².